The second-order valence-corrected chi connectivity index (χ2v) is 5.21. The highest BCUT2D eigenvalue weighted by molar-refractivity contribution is 6.23. The number of rotatable bonds is 4. The smallest absolute Gasteiger partial charge is 0.256 e. The van der Waals surface area contributed by atoms with Crippen molar-refractivity contribution in [1.82, 2.24) is 0 Å². The van der Waals surface area contributed by atoms with Crippen LogP contribution >= 0.6 is 0 Å². The first-order valence-corrected chi connectivity index (χ1v) is 7.15. The number of carbonyl (C=O) groups excluding carboxylic acids is 2. The van der Waals surface area contributed by atoms with Gasteiger partial charge in [0.2, 0.25) is 5.91 Å². The van der Waals surface area contributed by atoms with Crippen LogP contribution in [0.2, 0.25) is 0 Å². The van der Waals surface area contributed by atoms with Gasteiger partial charge >= 0.3 is 0 Å². The maximum atomic E-state index is 12.5. The Kier molecular flexibility index (Phi) is 3.89. The van der Waals surface area contributed by atoms with Crippen LogP contribution in [-0.2, 0) is 9.59 Å². The second-order valence-electron chi connectivity index (χ2n) is 5.21. The molecule has 1 heterocycles. The number of hydrogen-bond acceptors (Lipinski definition) is 5. The van der Waals surface area contributed by atoms with Crippen molar-refractivity contribution >= 4 is 23.2 Å². The van der Waals surface area contributed by atoms with Gasteiger partial charge in [0, 0.05) is 5.69 Å². The molecular formula is C17H16N2O4. The summed E-state index contributed by atoms with van der Waals surface area (Å²) >= 11 is 0. The lowest BCUT2D eigenvalue weighted by Gasteiger charge is -2.16. The SMILES string of the molecule is COc1ccc(N2C(=O)C[C@@H](Nc3ccc(O)cc3)C2=O)cc1. The number of aromatic hydroxyl groups is 1. The van der Waals surface area contributed by atoms with Crippen LogP contribution in [0.5, 0.6) is 11.5 Å². The summed E-state index contributed by atoms with van der Waals surface area (Å²) in [5.41, 5.74) is 1.20. The fraction of sp³-hybridized carbons (Fsp3) is 0.176. The molecule has 2 amide bonds. The van der Waals surface area contributed by atoms with Crippen molar-refractivity contribution < 1.29 is 19.4 Å². The molecule has 118 valence electrons. The Bertz CT molecular complexity index is 725. The number of nitrogens with zero attached hydrogens (tertiary/aromatic N) is 1. The normalized spacial score (nSPS) is 17.4. The summed E-state index contributed by atoms with van der Waals surface area (Å²) in [5, 5.41) is 12.3. The second kappa shape index (κ2) is 6.00. The van der Waals surface area contributed by atoms with Crippen LogP contribution in [-0.4, -0.2) is 30.1 Å². The number of phenolic OH excluding ortho intramolecular Hbond substituents is 1. The largest absolute Gasteiger partial charge is 0.508 e. The zero-order valence-corrected chi connectivity index (χ0v) is 12.5. The number of nitrogens with one attached hydrogen (secondary N) is 1. The average molecular weight is 312 g/mol. The van der Waals surface area contributed by atoms with Crippen LogP contribution in [0.3, 0.4) is 0 Å². The zero-order valence-electron chi connectivity index (χ0n) is 12.5. The number of phenols is 1. The molecule has 3 rings (SSSR count). The van der Waals surface area contributed by atoms with Gasteiger partial charge in [0.25, 0.3) is 5.91 Å². The zero-order chi connectivity index (χ0) is 16.4. The van der Waals surface area contributed by atoms with Gasteiger partial charge in [-0.2, -0.15) is 0 Å². The van der Waals surface area contributed by atoms with E-state index in [4.69, 9.17) is 4.74 Å². The number of benzene rings is 2. The summed E-state index contributed by atoms with van der Waals surface area (Å²) in [4.78, 5) is 25.9. The highest BCUT2D eigenvalue weighted by Gasteiger charge is 2.39. The summed E-state index contributed by atoms with van der Waals surface area (Å²) in [7, 11) is 1.55. The molecule has 0 radical (unpaired) electrons. The first-order chi connectivity index (χ1) is 11.1. The van der Waals surface area contributed by atoms with Crippen molar-refractivity contribution in [2.24, 2.45) is 0 Å². The molecule has 6 nitrogen and oxygen atoms in total. The molecule has 1 aliphatic heterocycles. The van der Waals surface area contributed by atoms with Gasteiger partial charge in [-0.15, -0.1) is 0 Å². The van der Waals surface area contributed by atoms with Crippen LogP contribution in [0.1, 0.15) is 6.42 Å². The summed E-state index contributed by atoms with van der Waals surface area (Å²) in [5.74, 6) is 0.250. The minimum atomic E-state index is -0.617. The van der Waals surface area contributed by atoms with Crippen LogP contribution in [0.15, 0.2) is 48.5 Å². The molecule has 6 heteroatoms. The van der Waals surface area contributed by atoms with Crippen molar-refractivity contribution in [3.05, 3.63) is 48.5 Å². The lowest BCUT2D eigenvalue weighted by atomic mass is 10.2. The van der Waals surface area contributed by atoms with Gasteiger partial charge in [-0.1, -0.05) is 0 Å². The van der Waals surface area contributed by atoms with E-state index in [2.05, 4.69) is 5.32 Å². The average Bonchev–Trinajstić information content (AvgIpc) is 2.84. The topological polar surface area (TPSA) is 78.9 Å². The highest BCUT2D eigenvalue weighted by Crippen LogP contribution is 2.27. The summed E-state index contributed by atoms with van der Waals surface area (Å²) in [6.07, 6.45) is 0.0890. The van der Waals surface area contributed by atoms with Crippen molar-refractivity contribution in [3.8, 4) is 11.5 Å². The first-order valence-electron chi connectivity index (χ1n) is 7.15. The molecule has 2 aromatic rings. The highest BCUT2D eigenvalue weighted by atomic mass is 16.5. The molecule has 1 atom stereocenters. The number of hydrogen-bond donors (Lipinski definition) is 2. The van der Waals surface area contributed by atoms with E-state index in [0.717, 1.165) is 0 Å². The predicted octanol–water partition coefficient (Wildman–Crippen LogP) is 2.14. The molecule has 0 spiro atoms. The third-order valence-electron chi connectivity index (χ3n) is 3.69. The molecule has 0 saturated carbocycles. The molecule has 0 aliphatic carbocycles. The predicted molar refractivity (Wildman–Crippen MR) is 85.6 cm³/mol. The van der Waals surface area contributed by atoms with Gasteiger partial charge in [0.05, 0.1) is 19.2 Å². The van der Waals surface area contributed by atoms with Crippen LogP contribution in [0, 0.1) is 0 Å². The van der Waals surface area contributed by atoms with E-state index < -0.39 is 6.04 Å². The molecule has 1 fully saturated rings. The van der Waals surface area contributed by atoms with E-state index in [0.29, 0.717) is 17.1 Å². The van der Waals surface area contributed by atoms with Gasteiger partial charge in [0.1, 0.15) is 17.5 Å². The Balaban J connectivity index is 1.77. The summed E-state index contributed by atoms with van der Waals surface area (Å²) in [6, 6.07) is 12.5. The molecule has 2 aromatic carbocycles. The standard InChI is InChI=1S/C17H16N2O4/c1-23-14-8-4-12(5-9-14)19-16(21)10-15(17(19)22)18-11-2-6-13(20)7-3-11/h2-9,15,18,20H,10H2,1H3/t15-/m1/s1. The maximum absolute atomic E-state index is 12.5. The summed E-state index contributed by atoms with van der Waals surface area (Å²) < 4.78 is 5.07. The quantitative estimate of drug-likeness (QED) is 0.668. The number of ether oxygens (including phenoxy) is 1. The minimum Gasteiger partial charge on any atom is -0.508 e. The first kappa shape index (κ1) is 14.9. The van der Waals surface area contributed by atoms with Crippen molar-refractivity contribution in [2.45, 2.75) is 12.5 Å². The van der Waals surface area contributed by atoms with E-state index in [-0.39, 0.29) is 24.0 Å². The monoisotopic (exact) mass is 312 g/mol. The lowest BCUT2D eigenvalue weighted by molar-refractivity contribution is -0.121. The van der Waals surface area contributed by atoms with Crippen LogP contribution in [0.25, 0.3) is 0 Å². The van der Waals surface area contributed by atoms with E-state index in [9.17, 15) is 14.7 Å². The number of carbonyl (C=O) groups is 2. The third kappa shape index (κ3) is 2.96. The van der Waals surface area contributed by atoms with Gasteiger partial charge in [-0.25, -0.2) is 4.90 Å². The van der Waals surface area contributed by atoms with Crippen molar-refractivity contribution in [2.75, 3.05) is 17.3 Å². The third-order valence-corrected chi connectivity index (χ3v) is 3.69. The fourth-order valence-corrected chi connectivity index (χ4v) is 2.51. The number of imide groups is 1. The molecule has 1 aliphatic rings. The van der Waals surface area contributed by atoms with Gasteiger partial charge in [0.15, 0.2) is 0 Å². The lowest BCUT2D eigenvalue weighted by Crippen LogP contribution is -2.34. The maximum Gasteiger partial charge on any atom is 0.256 e. The van der Waals surface area contributed by atoms with Crippen LogP contribution in [0.4, 0.5) is 11.4 Å². The molecule has 23 heavy (non-hydrogen) atoms. The van der Waals surface area contributed by atoms with E-state index in [1.807, 2.05) is 0 Å². The molecule has 0 aromatic heterocycles. The Morgan fingerprint density at radius 3 is 2.35 bits per heavy atom. The van der Waals surface area contributed by atoms with Crippen molar-refractivity contribution in [1.29, 1.82) is 0 Å². The molecule has 0 bridgehead atoms. The van der Waals surface area contributed by atoms with Gasteiger partial charge in [-0.3, -0.25) is 9.59 Å². The number of amides is 2. The number of methoxy groups -OCH3 is 1. The molecular weight excluding hydrogens is 296 g/mol. The Morgan fingerprint density at radius 1 is 1.09 bits per heavy atom. The minimum absolute atomic E-state index is 0.0890. The fourth-order valence-electron chi connectivity index (χ4n) is 2.51. The van der Waals surface area contributed by atoms with Gasteiger partial charge < -0.3 is 15.2 Å². The summed E-state index contributed by atoms with van der Waals surface area (Å²) in [6.45, 7) is 0. The van der Waals surface area contributed by atoms with E-state index >= 15 is 0 Å². The van der Waals surface area contributed by atoms with Gasteiger partial charge in [-0.05, 0) is 48.5 Å². The Morgan fingerprint density at radius 2 is 1.74 bits per heavy atom. The van der Waals surface area contributed by atoms with E-state index in [1.165, 1.54) is 17.0 Å². The molecule has 0 unspecified atom stereocenters. The molecule has 1 saturated heterocycles. The number of anilines is 2. The van der Waals surface area contributed by atoms with E-state index in [1.54, 1.807) is 43.5 Å². The van der Waals surface area contributed by atoms with Crippen LogP contribution < -0.4 is 15.0 Å². The van der Waals surface area contributed by atoms with Crippen molar-refractivity contribution in [3.63, 3.8) is 0 Å². The Labute approximate surface area is 133 Å². The molecule has 2 N–H and O–H groups in total. The Hall–Kier alpha value is -3.02.